The van der Waals surface area contributed by atoms with Gasteiger partial charge in [0.25, 0.3) is 0 Å². The van der Waals surface area contributed by atoms with Crippen molar-refractivity contribution in [2.24, 2.45) is 0 Å². The third kappa shape index (κ3) is 2.78. The number of hydrogen-bond donors (Lipinski definition) is 1. The number of nitrogens with zero attached hydrogens (tertiary/aromatic N) is 1. The van der Waals surface area contributed by atoms with Gasteiger partial charge in [-0.1, -0.05) is 18.3 Å². The van der Waals surface area contributed by atoms with Gasteiger partial charge in [0.1, 0.15) is 11.3 Å². The second kappa shape index (κ2) is 5.88. The first-order valence-electron chi connectivity index (χ1n) is 6.00. The number of methoxy groups -OCH3 is 2. The van der Waals surface area contributed by atoms with Gasteiger partial charge >= 0.3 is 5.97 Å². The van der Waals surface area contributed by atoms with Gasteiger partial charge in [0.15, 0.2) is 5.13 Å². The number of benzene rings is 1. The number of thiazole rings is 1. The lowest BCUT2D eigenvalue weighted by Crippen LogP contribution is -2.03. The molecule has 0 aliphatic rings. The summed E-state index contributed by atoms with van der Waals surface area (Å²) in [5.41, 5.74) is 1.23. The Morgan fingerprint density at radius 3 is 2.84 bits per heavy atom. The first-order chi connectivity index (χ1) is 9.19. The van der Waals surface area contributed by atoms with E-state index in [1.54, 1.807) is 12.1 Å². The molecule has 1 heterocycles. The molecule has 5 nitrogen and oxygen atoms in total. The quantitative estimate of drug-likeness (QED) is 0.853. The Morgan fingerprint density at radius 1 is 1.42 bits per heavy atom. The topological polar surface area (TPSA) is 60.5 Å². The monoisotopic (exact) mass is 280 g/mol. The number of rotatable bonds is 5. The smallest absolute Gasteiger partial charge is 0.341 e. The molecule has 0 radical (unpaired) electrons. The zero-order chi connectivity index (χ0) is 13.8. The summed E-state index contributed by atoms with van der Waals surface area (Å²) in [4.78, 5) is 16.1. The van der Waals surface area contributed by atoms with E-state index in [1.165, 1.54) is 25.6 Å². The first-order valence-corrected chi connectivity index (χ1v) is 6.82. The molecular weight excluding hydrogens is 264 g/mol. The van der Waals surface area contributed by atoms with E-state index in [0.29, 0.717) is 11.3 Å². The Bertz CT molecular complexity index is 595. The SMILES string of the molecule is CCCNc1nc2cc(OC)c(C(=O)OC)cc2s1. The number of carbonyl (C=O) groups excluding carboxylic acids is 1. The fourth-order valence-corrected chi connectivity index (χ4v) is 2.61. The molecule has 102 valence electrons. The maximum Gasteiger partial charge on any atom is 0.341 e. The Kier molecular flexibility index (Phi) is 4.21. The summed E-state index contributed by atoms with van der Waals surface area (Å²) in [6.07, 6.45) is 1.03. The van der Waals surface area contributed by atoms with Crippen LogP contribution in [0.1, 0.15) is 23.7 Å². The number of esters is 1. The predicted molar refractivity (Wildman–Crippen MR) is 76.3 cm³/mol. The molecule has 0 spiro atoms. The number of carbonyl (C=O) groups is 1. The summed E-state index contributed by atoms with van der Waals surface area (Å²) in [7, 11) is 2.88. The van der Waals surface area contributed by atoms with Gasteiger partial charge in [0.05, 0.1) is 24.4 Å². The standard InChI is InChI=1S/C13H16N2O3S/c1-4-5-14-13-15-9-7-10(17-2)8(12(16)18-3)6-11(9)19-13/h6-7H,4-5H2,1-3H3,(H,14,15). The average Bonchev–Trinajstić information content (AvgIpc) is 2.84. The third-order valence-electron chi connectivity index (χ3n) is 2.64. The van der Waals surface area contributed by atoms with E-state index >= 15 is 0 Å². The molecule has 19 heavy (non-hydrogen) atoms. The fraction of sp³-hybridized carbons (Fsp3) is 0.385. The van der Waals surface area contributed by atoms with Gasteiger partial charge in [-0.25, -0.2) is 9.78 Å². The van der Waals surface area contributed by atoms with Crippen molar-refractivity contribution in [1.29, 1.82) is 0 Å². The van der Waals surface area contributed by atoms with Crippen LogP contribution in [0.2, 0.25) is 0 Å². The molecule has 0 bridgehead atoms. The normalized spacial score (nSPS) is 10.5. The maximum absolute atomic E-state index is 11.7. The minimum atomic E-state index is -0.407. The van der Waals surface area contributed by atoms with Gasteiger partial charge in [0.2, 0.25) is 0 Å². The summed E-state index contributed by atoms with van der Waals surface area (Å²) < 4.78 is 10.9. The molecule has 1 N–H and O–H groups in total. The minimum absolute atomic E-state index is 0.407. The van der Waals surface area contributed by atoms with Crippen LogP contribution in [-0.2, 0) is 4.74 Å². The largest absolute Gasteiger partial charge is 0.496 e. The van der Waals surface area contributed by atoms with Crippen LogP contribution in [0, 0.1) is 0 Å². The Morgan fingerprint density at radius 2 is 2.21 bits per heavy atom. The van der Waals surface area contributed by atoms with Crippen LogP contribution in [0.5, 0.6) is 5.75 Å². The van der Waals surface area contributed by atoms with Crippen molar-refractivity contribution in [1.82, 2.24) is 4.98 Å². The number of fused-ring (bicyclic) bond motifs is 1. The van der Waals surface area contributed by atoms with Crippen LogP contribution >= 0.6 is 11.3 Å². The van der Waals surface area contributed by atoms with Gasteiger partial charge in [-0.05, 0) is 12.5 Å². The molecule has 0 aliphatic carbocycles. The first kappa shape index (κ1) is 13.6. The summed E-state index contributed by atoms with van der Waals surface area (Å²) in [5.74, 6) is 0.0712. The predicted octanol–water partition coefficient (Wildman–Crippen LogP) is 2.91. The maximum atomic E-state index is 11.7. The van der Waals surface area contributed by atoms with E-state index in [0.717, 1.165) is 28.3 Å². The lowest BCUT2D eigenvalue weighted by molar-refractivity contribution is 0.0597. The van der Waals surface area contributed by atoms with Gasteiger partial charge in [0, 0.05) is 12.6 Å². The van der Waals surface area contributed by atoms with Crippen LogP contribution in [-0.4, -0.2) is 31.7 Å². The van der Waals surface area contributed by atoms with Gasteiger partial charge in [-0.2, -0.15) is 0 Å². The molecule has 1 aromatic carbocycles. The Labute approximate surface area is 115 Å². The highest BCUT2D eigenvalue weighted by Crippen LogP contribution is 2.32. The highest BCUT2D eigenvalue weighted by molar-refractivity contribution is 7.22. The van der Waals surface area contributed by atoms with Crippen LogP contribution in [0.25, 0.3) is 10.2 Å². The van der Waals surface area contributed by atoms with E-state index < -0.39 is 5.97 Å². The third-order valence-corrected chi connectivity index (χ3v) is 3.62. The molecule has 0 amide bonds. The Hall–Kier alpha value is -1.82. The van der Waals surface area contributed by atoms with Crippen molar-refractivity contribution in [3.63, 3.8) is 0 Å². The average molecular weight is 280 g/mol. The minimum Gasteiger partial charge on any atom is -0.496 e. The number of anilines is 1. The molecule has 2 aromatic rings. The molecule has 0 saturated carbocycles. The van der Waals surface area contributed by atoms with Gasteiger partial charge < -0.3 is 14.8 Å². The molecule has 0 saturated heterocycles. The zero-order valence-electron chi connectivity index (χ0n) is 11.1. The van der Waals surface area contributed by atoms with E-state index in [2.05, 4.69) is 17.2 Å². The van der Waals surface area contributed by atoms with Crippen LogP contribution < -0.4 is 10.1 Å². The van der Waals surface area contributed by atoms with Crippen LogP contribution in [0.4, 0.5) is 5.13 Å². The number of hydrogen-bond acceptors (Lipinski definition) is 6. The summed E-state index contributed by atoms with van der Waals surface area (Å²) in [6.45, 7) is 2.97. The van der Waals surface area contributed by atoms with Crippen LogP contribution in [0.15, 0.2) is 12.1 Å². The molecule has 0 unspecified atom stereocenters. The van der Waals surface area contributed by atoms with Crippen molar-refractivity contribution in [2.75, 3.05) is 26.1 Å². The highest BCUT2D eigenvalue weighted by atomic mass is 32.1. The van der Waals surface area contributed by atoms with Crippen molar-refractivity contribution in [3.8, 4) is 5.75 Å². The van der Waals surface area contributed by atoms with E-state index in [-0.39, 0.29) is 0 Å². The van der Waals surface area contributed by atoms with E-state index in [1.807, 2.05) is 0 Å². The second-order valence-corrected chi connectivity index (χ2v) is 4.99. The highest BCUT2D eigenvalue weighted by Gasteiger charge is 2.16. The molecular formula is C13H16N2O3S. The zero-order valence-corrected chi connectivity index (χ0v) is 12.0. The molecule has 0 aliphatic heterocycles. The fourth-order valence-electron chi connectivity index (χ4n) is 1.70. The van der Waals surface area contributed by atoms with Crippen molar-refractivity contribution in [2.45, 2.75) is 13.3 Å². The second-order valence-electron chi connectivity index (χ2n) is 3.96. The Balaban J connectivity index is 2.44. The van der Waals surface area contributed by atoms with E-state index in [9.17, 15) is 4.79 Å². The van der Waals surface area contributed by atoms with Gasteiger partial charge in [-0.15, -0.1) is 0 Å². The van der Waals surface area contributed by atoms with Gasteiger partial charge in [-0.3, -0.25) is 0 Å². The van der Waals surface area contributed by atoms with E-state index in [4.69, 9.17) is 9.47 Å². The van der Waals surface area contributed by atoms with Crippen molar-refractivity contribution < 1.29 is 14.3 Å². The molecule has 1 aromatic heterocycles. The molecule has 2 rings (SSSR count). The lowest BCUT2D eigenvalue weighted by atomic mass is 10.2. The molecule has 0 fully saturated rings. The summed E-state index contributed by atoms with van der Waals surface area (Å²) >= 11 is 1.51. The number of nitrogens with one attached hydrogen (secondary N) is 1. The molecule has 0 atom stereocenters. The summed E-state index contributed by atoms with van der Waals surface area (Å²) in [5, 5.41) is 4.08. The van der Waals surface area contributed by atoms with Crippen molar-refractivity contribution in [3.05, 3.63) is 17.7 Å². The molecule has 6 heteroatoms. The lowest BCUT2D eigenvalue weighted by Gasteiger charge is -2.05. The van der Waals surface area contributed by atoms with Crippen LogP contribution in [0.3, 0.4) is 0 Å². The summed E-state index contributed by atoms with van der Waals surface area (Å²) in [6, 6.07) is 3.52. The number of aromatic nitrogens is 1. The number of ether oxygens (including phenoxy) is 2. The van der Waals surface area contributed by atoms with Crippen molar-refractivity contribution >= 4 is 32.7 Å².